The Morgan fingerprint density at radius 1 is 1.36 bits per heavy atom. The summed E-state index contributed by atoms with van der Waals surface area (Å²) in [5.41, 5.74) is -1.02. The summed E-state index contributed by atoms with van der Waals surface area (Å²) in [6.07, 6.45) is 3.46. The van der Waals surface area contributed by atoms with E-state index in [1.165, 1.54) is 0 Å². The topological polar surface area (TPSA) is 35.5 Å². The summed E-state index contributed by atoms with van der Waals surface area (Å²) in [5, 5.41) is 0. The van der Waals surface area contributed by atoms with E-state index in [4.69, 9.17) is 9.47 Å². The van der Waals surface area contributed by atoms with E-state index in [0.29, 0.717) is 0 Å². The van der Waals surface area contributed by atoms with Gasteiger partial charge in [0.05, 0.1) is 11.5 Å². The first-order valence-electron chi connectivity index (χ1n) is 4.90. The van der Waals surface area contributed by atoms with Gasteiger partial charge in [0, 0.05) is 7.11 Å². The number of rotatable bonds is 1. The molecule has 1 fully saturated rings. The number of Topliss-reactive ketones (excluding diaryl/α,β-unsaturated/α-hetero) is 1. The number of methoxy groups -OCH3 is 1. The van der Waals surface area contributed by atoms with Crippen LogP contribution in [0, 0.1) is 5.92 Å². The predicted molar refractivity (Wildman–Crippen MR) is 52.0 cm³/mol. The fourth-order valence-electron chi connectivity index (χ4n) is 2.39. The molecule has 2 heterocycles. The molecule has 3 heteroatoms. The largest absolute Gasteiger partial charge is 0.370 e. The van der Waals surface area contributed by atoms with Crippen LogP contribution in [0.3, 0.4) is 0 Å². The molecule has 0 aromatic carbocycles. The van der Waals surface area contributed by atoms with Crippen molar-refractivity contribution in [1.29, 1.82) is 0 Å². The van der Waals surface area contributed by atoms with Gasteiger partial charge in [-0.3, -0.25) is 4.79 Å². The lowest BCUT2D eigenvalue weighted by atomic mass is 9.81. The van der Waals surface area contributed by atoms with Crippen LogP contribution in [0.25, 0.3) is 0 Å². The third kappa shape index (κ3) is 1.03. The second kappa shape index (κ2) is 2.67. The Morgan fingerprint density at radius 2 is 1.93 bits per heavy atom. The summed E-state index contributed by atoms with van der Waals surface area (Å²) in [4.78, 5) is 12.0. The molecule has 1 saturated heterocycles. The number of fused-ring (bicyclic) bond motifs is 2. The van der Waals surface area contributed by atoms with E-state index in [1.54, 1.807) is 7.11 Å². The van der Waals surface area contributed by atoms with Crippen molar-refractivity contribution in [3.63, 3.8) is 0 Å². The molecular formula is C11H16O3. The standard InChI is InChI=1S/C11H16O3/c1-7-8(12)9(13-4)11(3)6-5-10(7,2)14-11/h5-7,9H,1-4H3/t7-,9+,10+,11+/m0/s1. The molecule has 2 rings (SSSR count). The number of hydrogen-bond acceptors (Lipinski definition) is 3. The quantitative estimate of drug-likeness (QED) is 0.593. The molecule has 14 heavy (non-hydrogen) atoms. The van der Waals surface area contributed by atoms with Gasteiger partial charge in [-0.1, -0.05) is 19.1 Å². The van der Waals surface area contributed by atoms with Gasteiger partial charge in [-0.2, -0.15) is 0 Å². The van der Waals surface area contributed by atoms with E-state index in [1.807, 2.05) is 32.9 Å². The average molecular weight is 196 g/mol. The highest BCUT2D eigenvalue weighted by atomic mass is 16.6. The minimum absolute atomic E-state index is 0.133. The average Bonchev–Trinajstić information content (AvgIpc) is 2.40. The first-order chi connectivity index (χ1) is 6.43. The molecule has 0 unspecified atom stereocenters. The summed E-state index contributed by atoms with van der Waals surface area (Å²) in [5.74, 6) is -0.00646. The van der Waals surface area contributed by atoms with Crippen LogP contribution in [0.1, 0.15) is 20.8 Å². The van der Waals surface area contributed by atoms with Crippen molar-refractivity contribution >= 4 is 5.78 Å². The first kappa shape index (κ1) is 9.87. The molecule has 4 atom stereocenters. The lowest BCUT2D eigenvalue weighted by molar-refractivity contribution is -0.196. The van der Waals surface area contributed by atoms with E-state index < -0.39 is 17.3 Å². The molecule has 2 aliphatic heterocycles. The van der Waals surface area contributed by atoms with Crippen LogP contribution < -0.4 is 0 Å². The summed E-state index contributed by atoms with van der Waals surface area (Å²) < 4.78 is 11.1. The zero-order valence-electron chi connectivity index (χ0n) is 9.03. The first-order valence-corrected chi connectivity index (χ1v) is 4.90. The number of ether oxygens (including phenoxy) is 2. The molecule has 3 nitrogen and oxygen atoms in total. The van der Waals surface area contributed by atoms with Gasteiger partial charge in [-0.05, 0) is 13.8 Å². The van der Waals surface area contributed by atoms with E-state index in [9.17, 15) is 4.79 Å². The third-order valence-electron chi connectivity index (χ3n) is 3.49. The van der Waals surface area contributed by atoms with Crippen LogP contribution in [0.4, 0.5) is 0 Å². The van der Waals surface area contributed by atoms with Crippen molar-refractivity contribution in [3.8, 4) is 0 Å². The number of ketones is 1. The number of carbonyl (C=O) groups is 1. The molecule has 0 radical (unpaired) electrons. The molecule has 0 aromatic heterocycles. The fraction of sp³-hybridized carbons (Fsp3) is 0.727. The van der Waals surface area contributed by atoms with Crippen molar-refractivity contribution in [2.45, 2.75) is 38.1 Å². The van der Waals surface area contributed by atoms with Gasteiger partial charge in [-0.15, -0.1) is 0 Å². The third-order valence-corrected chi connectivity index (χ3v) is 3.49. The number of hydrogen-bond donors (Lipinski definition) is 0. The normalized spacial score (nSPS) is 51.3. The fourth-order valence-corrected chi connectivity index (χ4v) is 2.39. The van der Waals surface area contributed by atoms with Gasteiger partial charge in [-0.25, -0.2) is 0 Å². The molecule has 0 amide bonds. The van der Waals surface area contributed by atoms with Crippen molar-refractivity contribution in [1.82, 2.24) is 0 Å². The number of carbonyl (C=O) groups excluding carboxylic acids is 1. The van der Waals surface area contributed by atoms with E-state index in [0.717, 1.165) is 0 Å². The summed E-state index contributed by atoms with van der Waals surface area (Å²) in [7, 11) is 1.55. The lowest BCUT2D eigenvalue weighted by Crippen LogP contribution is -2.58. The van der Waals surface area contributed by atoms with Gasteiger partial charge in [0.25, 0.3) is 0 Å². The Hall–Kier alpha value is -0.670. The van der Waals surface area contributed by atoms with Gasteiger partial charge < -0.3 is 9.47 Å². The van der Waals surface area contributed by atoms with Crippen molar-refractivity contribution in [3.05, 3.63) is 12.2 Å². The maximum absolute atomic E-state index is 12.0. The second-order valence-corrected chi connectivity index (χ2v) is 4.54. The van der Waals surface area contributed by atoms with Gasteiger partial charge in [0.2, 0.25) is 0 Å². The minimum atomic E-state index is -0.576. The maximum Gasteiger partial charge on any atom is 0.170 e. The van der Waals surface area contributed by atoms with Crippen molar-refractivity contribution in [2.24, 2.45) is 5.92 Å². The SMILES string of the molecule is CO[C@@H]1C(=O)[C@H](C)[C@@]2(C)C=C[C@@]1(C)O2. The lowest BCUT2D eigenvalue weighted by Gasteiger charge is -2.44. The molecule has 2 aliphatic rings. The van der Waals surface area contributed by atoms with E-state index in [2.05, 4.69) is 0 Å². The zero-order chi connectivity index (χ0) is 10.6. The Balaban J connectivity index is 2.43. The van der Waals surface area contributed by atoms with Crippen LogP contribution in [-0.2, 0) is 14.3 Å². The molecule has 2 bridgehead atoms. The predicted octanol–water partition coefficient (Wildman–Crippen LogP) is 1.32. The Bertz CT molecular complexity index is 310. The van der Waals surface area contributed by atoms with Crippen molar-refractivity contribution < 1.29 is 14.3 Å². The van der Waals surface area contributed by atoms with E-state index >= 15 is 0 Å². The molecule has 0 saturated carbocycles. The molecule has 0 N–H and O–H groups in total. The molecule has 78 valence electrons. The van der Waals surface area contributed by atoms with Gasteiger partial charge in [0.15, 0.2) is 5.78 Å². The Labute approximate surface area is 84.1 Å². The molecule has 0 aliphatic carbocycles. The molecule has 0 spiro atoms. The smallest absolute Gasteiger partial charge is 0.170 e. The Kier molecular flexibility index (Phi) is 1.88. The van der Waals surface area contributed by atoms with Crippen LogP contribution >= 0.6 is 0 Å². The highest BCUT2D eigenvalue weighted by Gasteiger charge is 2.57. The summed E-state index contributed by atoms with van der Waals surface area (Å²) in [6.45, 7) is 5.74. The van der Waals surface area contributed by atoms with Crippen LogP contribution in [0.2, 0.25) is 0 Å². The minimum Gasteiger partial charge on any atom is -0.370 e. The highest BCUT2D eigenvalue weighted by Crippen LogP contribution is 2.45. The van der Waals surface area contributed by atoms with Crippen LogP contribution in [0.5, 0.6) is 0 Å². The molecular weight excluding hydrogens is 180 g/mol. The second-order valence-electron chi connectivity index (χ2n) is 4.54. The van der Waals surface area contributed by atoms with Gasteiger partial charge >= 0.3 is 0 Å². The van der Waals surface area contributed by atoms with Crippen molar-refractivity contribution in [2.75, 3.05) is 7.11 Å². The monoisotopic (exact) mass is 196 g/mol. The summed E-state index contributed by atoms with van der Waals surface area (Å²) in [6, 6.07) is 0. The maximum atomic E-state index is 12.0. The highest BCUT2D eigenvalue weighted by molar-refractivity contribution is 5.89. The van der Waals surface area contributed by atoms with Gasteiger partial charge in [0.1, 0.15) is 11.7 Å². The molecule has 0 aromatic rings. The summed E-state index contributed by atoms with van der Waals surface area (Å²) >= 11 is 0. The van der Waals surface area contributed by atoms with Crippen LogP contribution in [-0.4, -0.2) is 30.2 Å². The van der Waals surface area contributed by atoms with Crippen LogP contribution in [0.15, 0.2) is 12.2 Å². The Morgan fingerprint density at radius 3 is 2.50 bits per heavy atom. The zero-order valence-corrected chi connectivity index (χ0v) is 9.03. The van der Waals surface area contributed by atoms with E-state index in [-0.39, 0.29) is 11.7 Å².